The first-order valence-electron chi connectivity index (χ1n) is 13.9. The Kier molecular flexibility index (Phi) is 6.93. The third kappa shape index (κ3) is 4.62. The lowest BCUT2D eigenvalue weighted by Crippen LogP contribution is -2.65. The van der Waals surface area contributed by atoms with Crippen molar-refractivity contribution in [3.05, 3.63) is 36.0 Å². The van der Waals surface area contributed by atoms with Crippen LogP contribution in [0, 0.1) is 0 Å². The van der Waals surface area contributed by atoms with Crippen molar-refractivity contribution in [2.45, 2.75) is 109 Å². The number of para-hydroxylation sites is 1. The molecule has 2 aliphatic heterocycles. The SMILES string of the molecule is CC1CCCC(C)N1CCCN1C(=O)c2cc3ccccc3n2CC1(C)C(=O)NC1CCCCC1. The van der Waals surface area contributed by atoms with Gasteiger partial charge in [0, 0.05) is 42.1 Å². The Morgan fingerprint density at radius 3 is 2.46 bits per heavy atom. The van der Waals surface area contributed by atoms with Gasteiger partial charge in [0.1, 0.15) is 11.2 Å². The molecule has 0 bridgehead atoms. The fourth-order valence-electron chi connectivity index (χ4n) is 6.77. The highest BCUT2D eigenvalue weighted by molar-refractivity contribution is 6.03. The maximum absolute atomic E-state index is 13.9. The predicted octanol–water partition coefficient (Wildman–Crippen LogP) is 4.96. The van der Waals surface area contributed by atoms with Crippen molar-refractivity contribution in [3.8, 4) is 0 Å². The summed E-state index contributed by atoms with van der Waals surface area (Å²) in [5, 5.41) is 4.41. The molecule has 190 valence electrons. The zero-order valence-corrected chi connectivity index (χ0v) is 21.8. The number of hydrogen-bond acceptors (Lipinski definition) is 3. The van der Waals surface area contributed by atoms with E-state index < -0.39 is 5.54 Å². The van der Waals surface area contributed by atoms with Gasteiger partial charge in [-0.1, -0.05) is 43.9 Å². The zero-order valence-electron chi connectivity index (χ0n) is 21.8. The van der Waals surface area contributed by atoms with E-state index in [2.05, 4.69) is 40.8 Å². The third-order valence-electron chi connectivity index (χ3n) is 8.94. The number of amides is 2. The average molecular weight is 479 g/mol. The lowest BCUT2D eigenvalue weighted by Gasteiger charge is -2.45. The van der Waals surface area contributed by atoms with E-state index in [4.69, 9.17) is 0 Å². The molecule has 35 heavy (non-hydrogen) atoms. The molecule has 2 aromatic rings. The second kappa shape index (κ2) is 9.96. The number of benzene rings is 1. The maximum atomic E-state index is 13.9. The van der Waals surface area contributed by atoms with Crippen molar-refractivity contribution in [2.24, 2.45) is 0 Å². The minimum Gasteiger partial charge on any atom is -0.351 e. The highest BCUT2D eigenvalue weighted by Gasteiger charge is 2.48. The van der Waals surface area contributed by atoms with Crippen LogP contribution in [0.15, 0.2) is 30.3 Å². The number of fused-ring (bicyclic) bond motifs is 3. The summed E-state index contributed by atoms with van der Waals surface area (Å²) in [5.41, 5.74) is 0.833. The number of piperidine rings is 1. The molecule has 2 amide bonds. The van der Waals surface area contributed by atoms with E-state index in [1.54, 1.807) is 0 Å². The summed E-state index contributed by atoms with van der Waals surface area (Å²) in [6.45, 7) is 8.69. The Morgan fingerprint density at radius 2 is 1.71 bits per heavy atom. The second-order valence-corrected chi connectivity index (χ2v) is 11.4. The molecule has 2 fully saturated rings. The van der Waals surface area contributed by atoms with Gasteiger partial charge in [-0.15, -0.1) is 0 Å². The smallest absolute Gasteiger partial charge is 0.271 e. The number of carbonyl (C=O) groups excluding carboxylic acids is 2. The lowest BCUT2D eigenvalue weighted by molar-refractivity contribution is -0.133. The van der Waals surface area contributed by atoms with Gasteiger partial charge in [0.15, 0.2) is 0 Å². The highest BCUT2D eigenvalue weighted by atomic mass is 16.2. The quantitative estimate of drug-likeness (QED) is 0.639. The standard InChI is InChI=1S/C29H42N4O2/c1-21-11-9-12-22(2)31(21)17-10-18-33-27(34)26-19-23-13-7-8-16-25(23)32(26)20-29(33,3)28(35)30-24-14-5-4-6-15-24/h7-8,13,16,19,21-22,24H,4-6,9-12,14-15,17-18,20H2,1-3H3,(H,30,35). The van der Waals surface area contributed by atoms with Crippen LogP contribution in [0.2, 0.25) is 0 Å². The van der Waals surface area contributed by atoms with Gasteiger partial charge in [-0.2, -0.15) is 0 Å². The molecule has 0 spiro atoms. The summed E-state index contributed by atoms with van der Waals surface area (Å²) in [6.07, 6.45) is 10.3. The van der Waals surface area contributed by atoms with E-state index >= 15 is 0 Å². The number of nitrogens with one attached hydrogen (secondary N) is 1. The van der Waals surface area contributed by atoms with Gasteiger partial charge in [-0.05, 0) is 65.0 Å². The molecule has 1 saturated carbocycles. The van der Waals surface area contributed by atoms with Gasteiger partial charge in [-0.25, -0.2) is 0 Å². The molecule has 6 nitrogen and oxygen atoms in total. The molecule has 3 atom stereocenters. The predicted molar refractivity (Wildman–Crippen MR) is 140 cm³/mol. The third-order valence-corrected chi connectivity index (χ3v) is 8.94. The van der Waals surface area contributed by atoms with Crippen molar-refractivity contribution < 1.29 is 9.59 Å². The van der Waals surface area contributed by atoms with E-state index in [0.717, 1.165) is 36.7 Å². The molecule has 3 aliphatic rings. The molecular formula is C29H42N4O2. The lowest BCUT2D eigenvalue weighted by atomic mass is 9.91. The van der Waals surface area contributed by atoms with Gasteiger partial charge in [0.25, 0.3) is 5.91 Å². The Balaban J connectivity index is 1.40. The molecule has 0 radical (unpaired) electrons. The van der Waals surface area contributed by atoms with Crippen LogP contribution in [0.1, 0.15) is 89.0 Å². The second-order valence-electron chi connectivity index (χ2n) is 11.4. The summed E-state index contributed by atoms with van der Waals surface area (Å²) in [5.74, 6) is -0.0191. The first kappa shape index (κ1) is 24.4. The molecule has 1 aliphatic carbocycles. The molecule has 6 heteroatoms. The molecule has 1 N–H and O–H groups in total. The summed E-state index contributed by atoms with van der Waals surface area (Å²) < 4.78 is 2.07. The normalized spacial score (nSPS) is 28.3. The minimum absolute atomic E-state index is 0.000824. The fourth-order valence-corrected chi connectivity index (χ4v) is 6.77. The molecular weight excluding hydrogens is 436 g/mol. The summed E-state index contributed by atoms with van der Waals surface area (Å²) in [6, 6.07) is 11.5. The number of hydrogen-bond donors (Lipinski definition) is 1. The van der Waals surface area contributed by atoms with Crippen LogP contribution in [-0.4, -0.2) is 62.9 Å². The number of aromatic nitrogens is 1. The van der Waals surface area contributed by atoms with Crippen LogP contribution >= 0.6 is 0 Å². The number of rotatable bonds is 6. The van der Waals surface area contributed by atoms with Gasteiger partial charge in [0.05, 0.1) is 6.54 Å². The molecule has 1 aromatic heterocycles. The van der Waals surface area contributed by atoms with Crippen molar-refractivity contribution in [2.75, 3.05) is 13.1 Å². The van der Waals surface area contributed by atoms with Crippen LogP contribution in [0.5, 0.6) is 0 Å². The zero-order chi connectivity index (χ0) is 24.6. The summed E-state index contributed by atoms with van der Waals surface area (Å²) in [4.78, 5) is 32.3. The van der Waals surface area contributed by atoms with Crippen LogP contribution in [0.25, 0.3) is 10.9 Å². The average Bonchev–Trinajstić information content (AvgIpc) is 3.22. The molecule has 1 saturated heterocycles. The monoisotopic (exact) mass is 478 g/mol. The molecule has 1 aromatic carbocycles. The Hall–Kier alpha value is -2.34. The topological polar surface area (TPSA) is 57.6 Å². The minimum atomic E-state index is -0.900. The van der Waals surface area contributed by atoms with Crippen LogP contribution in [0.3, 0.4) is 0 Å². The van der Waals surface area contributed by atoms with E-state index in [-0.39, 0.29) is 17.9 Å². The number of likely N-dealkylation sites (tertiary alicyclic amines) is 1. The van der Waals surface area contributed by atoms with Crippen LogP contribution in [0.4, 0.5) is 0 Å². The van der Waals surface area contributed by atoms with Gasteiger partial charge in [-0.3, -0.25) is 14.5 Å². The summed E-state index contributed by atoms with van der Waals surface area (Å²) >= 11 is 0. The number of carbonyl (C=O) groups is 2. The maximum Gasteiger partial charge on any atom is 0.271 e. The fraction of sp³-hybridized carbons (Fsp3) is 0.655. The van der Waals surface area contributed by atoms with Crippen molar-refractivity contribution in [1.29, 1.82) is 0 Å². The van der Waals surface area contributed by atoms with E-state index in [9.17, 15) is 9.59 Å². The van der Waals surface area contributed by atoms with Crippen LogP contribution in [-0.2, 0) is 11.3 Å². The first-order valence-corrected chi connectivity index (χ1v) is 13.9. The van der Waals surface area contributed by atoms with Crippen LogP contribution < -0.4 is 5.32 Å². The van der Waals surface area contributed by atoms with E-state index in [1.807, 2.05) is 30.0 Å². The molecule has 5 rings (SSSR count). The highest BCUT2D eigenvalue weighted by Crippen LogP contribution is 2.33. The van der Waals surface area contributed by atoms with E-state index in [0.29, 0.717) is 30.9 Å². The summed E-state index contributed by atoms with van der Waals surface area (Å²) in [7, 11) is 0. The molecule has 3 heterocycles. The van der Waals surface area contributed by atoms with Crippen molar-refractivity contribution in [3.63, 3.8) is 0 Å². The van der Waals surface area contributed by atoms with Gasteiger partial charge < -0.3 is 14.8 Å². The van der Waals surface area contributed by atoms with E-state index in [1.165, 1.54) is 38.5 Å². The molecule has 3 unspecified atom stereocenters. The van der Waals surface area contributed by atoms with Crippen molar-refractivity contribution in [1.82, 2.24) is 19.7 Å². The Bertz CT molecular complexity index is 1060. The van der Waals surface area contributed by atoms with Gasteiger partial charge >= 0.3 is 0 Å². The Labute approximate surface area is 210 Å². The van der Waals surface area contributed by atoms with Crippen molar-refractivity contribution >= 4 is 22.7 Å². The number of nitrogens with zero attached hydrogens (tertiary/aromatic N) is 3. The largest absolute Gasteiger partial charge is 0.351 e. The first-order chi connectivity index (χ1) is 16.9. The Morgan fingerprint density at radius 1 is 1.00 bits per heavy atom. The van der Waals surface area contributed by atoms with Gasteiger partial charge in [0.2, 0.25) is 5.91 Å².